The van der Waals surface area contributed by atoms with Crippen LogP contribution in [0.2, 0.25) is 0 Å². The van der Waals surface area contributed by atoms with Crippen LogP contribution in [0.15, 0.2) is 0 Å². The third-order valence-electron chi connectivity index (χ3n) is 1.95. The molecule has 0 aliphatic rings. The van der Waals surface area contributed by atoms with Crippen LogP contribution in [-0.4, -0.2) is 37.9 Å². The van der Waals surface area contributed by atoms with Crippen LogP contribution in [0, 0.1) is 0 Å². The number of nitrogens with zero attached hydrogens (tertiary/aromatic N) is 1. The van der Waals surface area contributed by atoms with Gasteiger partial charge in [0, 0.05) is 0 Å². The smallest absolute Gasteiger partial charge is 0.148 e. The molecule has 0 saturated heterocycles. The summed E-state index contributed by atoms with van der Waals surface area (Å²) in [6.45, 7) is 2.66. The summed E-state index contributed by atoms with van der Waals surface area (Å²) >= 11 is 0. The van der Waals surface area contributed by atoms with E-state index in [0.717, 1.165) is 12.8 Å². The van der Waals surface area contributed by atoms with Gasteiger partial charge in [-0.3, -0.25) is 0 Å². The minimum Gasteiger partial charge on any atom is -0.544 e. The fourth-order valence-corrected chi connectivity index (χ4v) is 1.20. The monoisotopic (exact) mass is 203 g/mol. The number of carbonyl (C=O) groups excluding carboxylic acids is 1. The van der Waals surface area contributed by atoms with Gasteiger partial charge in [-0.05, 0) is 6.42 Å². The predicted molar refractivity (Wildman–Crippen MR) is 52.1 cm³/mol. The van der Waals surface area contributed by atoms with E-state index in [0.29, 0.717) is 6.61 Å². The van der Waals surface area contributed by atoms with Crippen molar-refractivity contribution in [3.8, 4) is 0 Å². The molecule has 84 valence electrons. The first-order valence-electron chi connectivity index (χ1n) is 5.15. The standard InChI is InChI=1S/C10H21NO3/c1-4-5-6-7-8-14-11(2,3)9-10(12)13/h4-9H2,1-3H3. The van der Waals surface area contributed by atoms with Crippen molar-refractivity contribution in [2.24, 2.45) is 0 Å². The first-order chi connectivity index (χ1) is 6.48. The lowest BCUT2D eigenvalue weighted by Crippen LogP contribution is -2.48. The third-order valence-corrected chi connectivity index (χ3v) is 1.95. The number of carboxylic acid groups (broad SMARTS) is 1. The van der Waals surface area contributed by atoms with E-state index in [1.165, 1.54) is 12.8 Å². The van der Waals surface area contributed by atoms with Gasteiger partial charge < -0.3 is 9.90 Å². The van der Waals surface area contributed by atoms with Gasteiger partial charge in [0.1, 0.15) is 13.2 Å². The molecule has 4 nitrogen and oxygen atoms in total. The van der Waals surface area contributed by atoms with Gasteiger partial charge >= 0.3 is 0 Å². The number of hydrogen-bond acceptors (Lipinski definition) is 3. The van der Waals surface area contributed by atoms with Crippen molar-refractivity contribution in [1.82, 2.24) is 0 Å². The van der Waals surface area contributed by atoms with Crippen molar-refractivity contribution in [2.45, 2.75) is 32.6 Å². The van der Waals surface area contributed by atoms with Crippen molar-refractivity contribution in [3.63, 3.8) is 0 Å². The maximum atomic E-state index is 10.3. The van der Waals surface area contributed by atoms with Gasteiger partial charge in [-0.2, -0.15) is 4.65 Å². The zero-order valence-corrected chi connectivity index (χ0v) is 9.41. The zero-order valence-electron chi connectivity index (χ0n) is 9.41. The zero-order chi connectivity index (χ0) is 11.0. The summed E-state index contributed by atoms with van der Waals surface area (Å²) in [5.41, 5.74) is 0. The Labute approximate surface area is 86.0 Å². The van der Waals surface area contributed by atoms with Crippen LogP contribution in [0.1, 0.15) is 32.6 Å². The fourth-order valence-electron chi connectivity index (χ4n) is 1.20. The lowest BCUT2D eigenvalue weighted by molar-refractivity contribution is -1.07. The number of carboxylic acids is 1. The lowest BCUT2D eigenvalue weighted by Gasteiger charge is -2.27. The largest absolute Gasteiger partial charge is 0.544 e. The molecule has 0 aromatic rings. The second-order valence-electron chi connectivity index (χ2n) is 4.00. The summed E-state index contributed by atoms with van der Waals surface area (Å²) in [6.07, 6.45) is 4.53. The van der Waals surface area contributed by atoms with E-state index in [1.54, 1.807) is 14.1 Å². The van der Waals surface area contributed by atoms with Crippen molar-refractivity contribution < 1.29 is 19.4 Å². The molecule has 4 heteroatoms. The molecule has 0 aliphatic carbocycles. The Bertz CT molecular complexity index is 169. The number of likely N-dealkylation sites (N-methyl/N-ethyl adjacent to an activating group) is 1. The van der Waals surface area contributed by atoms with Crippen LogP contribution in [0.25, 0.3) is 0 Å². The van der Waals surface area contributed by atoms with Crippen LogP contribution in [0.5, 0.6) is 0 Å². The van der Waals surface area contributed by atoms with E-state index in [-0.39, 0.29) is 11.2 Å². The van der Waals surface area contributed by atoms with Gasteiger partial charge in [0.25, 0.3) is 0 Å². The van der Waals surface area contributed by atoms with Crippen molar-refractivity contribution in [1.29, 1.82) is 0 Å². The average Bonchev–Trinajstić information content (AvgIpc) is 2.01. The molecule has 0 bridgehead atoms. The Morgan fingerprint density at radius 2 is 1.93 bits per heavy atom. The van der Waals surface area contributed by atoms with Crippen LogP contribution in [-0.2, 0) is 9.63 Å². The number of rotatable bonds is 8. The highest BCUT2D eigenvalue weighted by Gasteiger charge is 2.16. The highest BCUT2D eigenvalue weighted by Crippen LogP contribution is 2.03. The number of aliphatic carboxylic acids is 1. The quantitative estimate of drug-likeness (QED) is 0.324. The number of unbranched alkanes of at least 4 members (excludes halogenated alkanes) is 3. The van der Waals surface area contributed by atoms with Gasteiger partial charge in [0.05, 0.1) is 20.1 Å². The number of carbonyl (C=O) groups is 1. The van der Waals surface area contributed by atoms with Gasteiger partial charge in [-0.1, -0.05) is 26.2 Å². The highest BCUT2D eigenvalue weighted by atomic mass is 16.7. The van der Waals surface area contributed by atoms with Gasteiger partial charge in [-0.25, -0.2) is 4.84 Å². The van der Waals surface area contributed by atoms with E-state index in [2.05, 4.69) is 6.92 Å². The summed E-state index contributed by atoms with van der Waals surface area (Å²) in [4.78, 5) is 15.7. The van der Waals surface area contributed by atoms with E-state index in [9.17, 15) is 9.90 Å². The van der Waals surface area contributed by atoms with E-state index in [1.807, 2.05) is 0 Å². The molecule has 0 radical (unpaired) electrons. The molecule has 0 aromatic carbocycles. The average molecular weight is 203 g/mol. The molecule has 0 rings (SSSR count). The Morgan fingerprint density at radius 1 is 1.29 bits per heavy atom. The Morgan fingerprint density at radius 3 is 2.43 bits per heavy atom. The number of quaternary nitrogens is 1. The predicted octanol–water partition coefficient (Wildman–Crippen LogP) is 0.325. The molecule has 0 N–H and O–H groups in total. The lowest BCUT2D eigenvalue weighted by atomic mass is 10.2. The molecule has 0 amide bonds. The first kappa shape index (κ1) is 13.4. The Balaban J connectivity index is 3.50. The molecule has 14 heavy (non-hydrogen) atoms. The van der Waals surface area contributed by atoms with Crippen molar-refractivity contribution in [2.75, 3.05) is 27.2 Å². The van der Waals surface area contributed by atoms with Gasteiger partial charge in [-0.15, -0.1) is 0 Å². The summed E-state index contributed by atoms with van der Waals surface area (Å²) in [7, 11) is 3.44. The number of hydroxylamine groups is 3. The maximum absolute atomic E-state index is 10.3. The van der Waals surface area contributed by atoms with Crippen molar-refractivity contribution in [3.05, 3.63) is 0 Å². The van der Waals surface area contributed by atoms with E-state index < -0.39 is 5.97 Å². The third kappa shape index (κ3) is 8.01. The summed E-state index contributed by atoms with van der Waals surface area (Å²) < 4.78 is 0.0362. The van der Waals surface area contributed by atoms with Crippen LogP contribution < -0.4 is 5.11 Å². The van der Waals surface area contributed by atoms with Gasteiger partial charge in [0.15, 0.2) is 0 Å². The minimum absolute atomic E-state index is 0.0362. The van der Waals surface area contributed by atoms with E-state index in [4.69, 9.17) is 4.84 Å². The molecular weight excluding hydrogens is 182 g/mol. The molecule has 0 spiro atoms. The number of hydrogen-bond donors (Lipinski definition) is 0. The SMILES string of the molecule is CCCCCCO[N+](C)(C)CC(=O)[O-]. The molecule has 0 heterocycles. The Hall–Kier alpha value is -0.610. The van der Waals surface area contributed by atoms with Crippen molar-refractivity contribution >= 4 is 5.97 Å². The molecule has 0 unspecified atom stereocenters. The summed E-state index contributed by atoms with van der Waals surface area (Å²) in [6, 6.07) is 0. The van der Waals surface area contributed by atoms with E-state index >= 15 is 0 Å². The second kappa shape index (κ2) is 6.79. The topological polar surface area (TPSA) is 49.4 Å². The van der Waals surface area contributed by atoms with Crippen LogP contribution >= 0.6 is 0 Å². The Kier molecular flexibility index (Phi) is 6.49. The molecule has 0 aromatic heterocycles. The van der Waals surface area contributed by atoms with Gasteiger partial charge in [0.2, 0.25) is 0 Å². The highest BCUT2D eigenvalue weighted by molar-refractivity contribution is 5.65. The normalized spacial score (nSPS) is 11.6. The molecule has 0 fully saturated rings. The minimum atomic E-state index is -1.08. The molecule has 0 aliphatic heterocycles. The first-order valence-corrected chi connectivity index (χ1v) is 5.15. The van der Waals surface area contributed by atoms with Crippen LogP contribution in [0.3, 0.4) is 0 Å². The fraction of sp³-hybridized carbons (Fsp3) is 0.900. The molecular formula is C10H21NO3. The van der Waals surface area contributed by atoms with Crippen LogP contribution in [0.4, 0.5) is 0 Å². The molecule has 0 saturated carbocycles. The molecule has 0 atom stereocenters. The summed E-state index contributed by atoms with van der Waals surface area (Å²) in [5, 5.41) is 10.3. The maximum Gasteiger partial charge on any atom is 0.148 e. The second-order valence-corrected chi connectivity index (χ2v) is 4.00. The summed E-state index contributed by atoms with van der Waals surface area (Å²) in [5.74, 6) is -1.08.